The van der Waals surface area contributed by atoms with Crippen LogP contribution in [-0.4, -0.2) is 23.3 Å². The maximum absolute atomic E-state index is 11.8. The molecule has 0 saturated carbocycles. The van der Waals surface area contributed by atoms with E-state index < -0.39 is 0 Å². The lowest BCUT2D eigenvalue weighted by atomic mass is 10.3. The van der Waals surface area contributed by atoms with Gasteiger partial charge in [0.15, 0.2) is 5.13 Å². The molecule has 0 radical (unpaired) electrons. The van der Waals surface area contributed by atoms with Crippen molar-refractivity contribution in [1.82, 2.24) is 10.3 Å². The summed E-state index contributed by atoms with van der Waals surface area (Å²) in [5.74, 6) is -0.539. The van der Waals surface area contributed by atoms with E-state index in [1.54, 1.807) is 12.1 Å². The maximum Gasteiger partial charge on any atom is 0.261 e. The number of fused-ring (bicyclic) bond motifs is 1. The van der Waals surface area contributed by atoms with Gasteiger partial charge in [-0.3, -0.25) is 9.59 Å². The van der Waals surface area contributed by atoms with Gasteiger partial charge in [-0.1, -0.05) is 29.5 Å². The Hall–Kier alpha value is -2.25. The summed E-state index contributed by atoms with van der Waals surface area (Å²) in [4.78, 5) is 28.4. The van der Waals surface area contributed by atoms with Crippen LogP contribution in [0.1, 0.15) is 9.67 Å². The molecule has 0 spiro atoms. The Labute approximate surface area is 128 Å². The molecule has 3 rings (SSSR count). The Morgan fingerprint density at radius 3 is 2.76 bits per heavy atom. The number of carbonyl (C=O) groups excluding carboxylic acids is 2. The Morgan fingerprint density at radius 1 is 1.14 bits per heavy atom. The summed E-state index contributed by atoms with van der Waals surface area (Å²) in [6.45, 7) is -0.0767. The van der Waals surface area contributed by atoms with Crippen LogP contribution in [-0.2, 0) is 4.79 Å². The molecule has 2 heterocycles. The predicted octanol–water partition coefficient (Wildman–Crippen LogP) is 2.73. The van der Waals surface area contributed by atoms with E-state index >= 15 is 0 Å². The van der Waals surface area contributed by atoms with Crippen LogP contribution >= 0.6 is 22.7 Å². The van der Waals surface area contributed by atoms with E-state index in [-0.39, 0.29) is 18.4 Å². The smallest absolute Gasteiger partial charge is 0.261 e. The number of thiazole rings is 1. The number of nitrogens with zero attached hydrogens (tertiary/aromatic N) is 1. The first-order chi connectivity index (χ1) is 10.2. The second-order valence-electron chi connectivity index (χ2n) is 4.19. The fourth-order valence-electron chi connectivity index (χ4n) is 1.74. The molecule has 3 aromatic rings. The third-order valence-corrected chi connectivity index (χ3v) is 4.52. The summed E-state index contributed by atoms with van der Waals surface area (Å²) in [5.41, 5.74) is 0.848. The van der Waals surface area contributed by atoms with Gasteiger partial charge in [-0.25, -0.2) is 4.98 Å². The summed E-state index contributed by atoms with van der Waals surface area (Å²) >= 11 is 2.74. The Kier molecular flexibility index (Phi) is 3.94. The first kappa shape index (κ1) is 13.7. The van der Waals surface area contributed by atoms with Crippen molar-refractivity contribution >= 4 is 49.8 Å². The molecule has 0 atom stereocenters. The average Bonchev–Trinajstić information content (AvgIpc) is 3.13. The minimum atomic E-state index is -0.293. The number of benzene rings is 1. The molecule has 0 aliphatic heterocycles. The number of nitrogens with one attached hydrogen (secondary N) is 2. The third kappa shape index (κ3) is 3.26. The average molecular weight is 317 g/mol. The van der Waals surface area contributed by atoms with E-state index in [1.165, 1.54) is 22.7 Å². The van der Waals surface area contributed by atoms with E-state index in [0.29, 0.717) is 10.0 Å². The molecule has 106 valence electrons. The van der Waals surface area contributed by atoms with Gasteiger partial charge in [0.1, 0.15) is 0 Å². The van der Waals surface area contributed by atoms with Crippen molar-refractivity contribution in [1.29, 1.82) is 0 Å². The van der Waals surface area contributed by atoms with Gasteiger partial charge in [-0.05, 0) is 23.6 Å². The number of aromatic nitrogens is 1. The zero-order valence-corrected chi connectivity index (χ0v) is 12.5. The third-order valence-electron chi connectivity index (χ3n) is 2.69. The van der Waals surface area contributed by atoms with Gasteiger partial charge in [0, 0.05) is 0 Å². The number of anilines is 1. The Morgan fingerprint density at radius 2 is 2.00 bits per heavy atom. The molecule has 0 aliphatic rings. The van der Waals surface area contributed by atoms with Crippen molar-refractivity contribution in [2.75, 3.05) is 11.9 Å². The highest BCUT2D eigenvalue weighted by molar-refractivity contribution is 7.22. The molecule has 2 aromatic heterocycles. The molecule has 0 bridgehead atoms. The minimum Gasteiger partial charge on any atom is -0.342 e. The molecule has 0 aliphatic carbocycles. The summed E-state index contributed by atoms with van der Waals surface area (Å²) in [6, 6.07) is 11.2. The van der Waals surface area contributed by atoms with E-state index in [1.807, 2.05) is 29.6 Å². The second kappa shape index (κ2) is 6.02. The molecule has 2 N–H and O–H groups in total. The van der Waals surface area contributed by atoms with Crippen molar-refractivity contribution in [3.8, 4) is 0 Å². The number of rotatable bonds is 4. The largest absolute Gasteiger partial charge is 0.342 e. The van der Waals surface area contributed by atoms with Gasteiger partial charge in [0.2, 0.25) is 5.91 Å². The van der Waals surface area contributed by atoms with E-state index in [9.17, 15) is 9.59 Å². The highest BCUT2D eigenvalue weighted by Crippen LogP contribution is 2.25. The summed E-state index contributed by atoms with van der Waals surface area (Å²) in [7, 11) is 0. The zero-order valence-electron chi connectivity index (χ0n) is 10.8. The van der Waals surface area contributed by atoms with E-state index in [4.69, 9.17) is 0 Å². The van der Waals surface area contributed by atoms with Crippen molar-refractivity contribution in [3.63, 3.8) is 0 Å². The quantitative estimate of drug-likeness (QED) is 0.777. The molecule has 1 aromatic carbocycles. The highest BCUT2D eigenvalue weighted by Gasteiger charge is 2.10. The monoisotopic (exact) mass is 317 g/mol. The number of thiophene rings is 1. The first-order valence-corrected chi connectivity index (χ1v) is 7.89. The second-order valence-corrected chi connectivity index (χ2v) is 6.17. The highest BCUT2D eigenvalue weighted by atomic mass is 32.1. The lowest BCUT2D eigenvalue weighted by Crippen LogP contribution is -2.32. The molecular formula is C14H11N3O2S2. The van der Waals surface area contributed by atoms with Crippen LogP contribution in [0.2, 0.25) is 0 Å². The number of hydrogen-bond acceptors (Lipinski definition) is 5. The molecule has 0 fully saturated rings. The van der Waals surface area contributed by atoms with Crippen LogP contribution in [0.15, 0.2) is 41.8 Å². The van der Waals surface area contributed by atoms with Gasteiger partial charge < -0.3 is 10.6 Å². The topological polar surface area (TPSA) is 71.1 Å². The maximum atomic E-state index is 11.8. The summed E-state index contributed by atoms with van der Waals surface area (Å²) in [5, 5.41) is 7.61. The predicted molar refractivity (Wildman–Crippen MR) is 84.9 cm³/mol. The van der Waals surface area contributed by atoms with Crippen molar-refractivity contribution in [3.05, 3.63) is 46.7 Å². The summed E-state index contributed by atoms with van der Waals surface area (Å²) < 4.78 is 1.01. The molecular weight excluding hydrogens is 306 g/mol. The molecule has 0 saturated heterocycles. The van der Waals surface area contributed by atoms with Crippen LogP contribution in [0.4, 0.5) is 5.13 Å². The standard InChI is InChI=1S/C14H11N3O2S2/c18-12(8-15-13(19)11-6-3-7-20-11)17-14-16-9-4-1-2-5-10(9)21-14/h1-7H,8H2,(H,15,19)(H,16,17,18). The lowest BCUT2D eigenvalue weighted by molar-refractivity contribution is -0.115. The van der Waals surface area contributed by atoms with Crippen molar-refractivity contribution < 1.29 is 9.59 Å². The molecule has 5 nitrogen and oxygen atoms in total. The van der Waals surface area contributed by atoms with Gasteiger partial charge in [0.05, 0.1) is 21.6 Å². The Balaban J connectivity index is 1.57. The van der Waals surface area contributed by atoms with E-state index in [2.05, 4.69) is 15.6 Å². The first-order valence-electron chi connectivity index (χ1n) is 6.19. The lowest BCUT2D eigenvalue weighted by Gasteiger charge is -2.03. The number of carbonyl (C=O) groups is 2. The van der Waals surface area contributed by atoms with Gasteiger partial charge in [-0.15, -0.1) is 11.3 Å². The van der Waals surface area contributed by atoms with Crippen LogP contribution in [0.25, 0.3) is 10.2 Å². The van der Waals surface area contributed by atoms with Gasteiger partial charge in [-0.2, -0.15) is 0 Å². The minimum absolute atomic E-state index is 0.0767. The fourth-order valence-corrected chi connectivity index (χ4v) is 3.27. The van der Waals surface area contributed by atoms with Crippen LogP contribution in [0, 0.1) is 0 Å². The number of para-hydroxylation sites is 1. The molecule has 21 heavy (non-hydrogen) atoms. The molecule has 7 heteroatoms. The Bertz CT molecular complexity index is 747. The zero-order chi connectivity index (χ0) is 14.7. The number of hydrogen-bond donors (Lipinski definition) is 2. The van der Waals surface area contributed by atoms with Crippen LogP contribution in [0.5, 0.6) is 0 Å². The fraction of sp³-hybridized carbons (Fsp3) is 0.0714. The van der Waals surface area contributed by atoms with Crippen LogP contribution < -0.4 is 10.6 Å². The normalized spacial score (nSPS) is 10.5. The van der Waals surface area contributed by atoms with Gasteiger partial charge >= 0.3 is 0 Å². The van der Waals surface area contributed by atoms with Crippen molar-refractivity contribution in [2.24, 2.45) is 0 Å². The molecule has 0 unspecified atom stereocenters. The van der Waals surface area contributed by atoms with Gasteiger partial charge in [0.25, 0.3) is 5.91 Å². The van der Waals surface area contributed by atoms with Crippen molar-refractivity contribution in [2.45, 2.75) is 0 Å². The van der Waals surface area contributed by atoms with E-state index in [0.717, 1.165) is 10.2 Å². The SMILES string of the molecule is O=C(CNC(=O)c1cccs1)Nc1nc2ccccc2s1. The summed E-state index contributed by atoms with van der Waals surface area (Å²) in [6.07, 6.45) is 0. The van der Waals surface area contributed by atoms with Crippen LogP contribution in [0.3, 0.4) is 0 Å². The molecule has 2 amide bonds. The number of amides is 2.